The number of carbonyl (C=O) groups is 2. The molecule has 0 spiro atoms. The molecule has 0 saturated carbocycles. The van der Waals surface area contributed by atoms with Crippen LogP contribution in [0.5, 0.6) is 0 Å². The van der Waals surface area contributed by atoms with Crippen molar-refractivity contribution in [2.45, 2.75) is 31.8 Å². The molecule has 2 aliphatic heterocycles. The molecule has 7 nitrogen and oxygen atoms in total. The molecule has 1 aromatic rings. The Morgan fingerprint density at radius 3 is 2.28 bits per heavy atom. The molecule has 2 heterocycles. The molecule has 136 valence electrons. The van der Waals surface area contributed by atoms with Gasteiger partial charge in [0.05, 0.1) is 6.26 Å². The zero-order chi connectivity index (χ0) is 18.2. The maximum Gasteiger partial charge on any atom is 0.326 e. The molecule has 0 aliphatic carbocycles. The van der Waals surface area contributed by atoms with Crippen LogP contribution in [0.4, 0.5) is 0 Å². The van der Waals surface area contributed by atoms with Crippen molar-refractivity contribution < 1.29 is 23.1 Å². The molecule has 0 radical (unpaired) electrons. The summed E-state index contributed by atoms with van der Waals surface area (Å²) in [5.74, 6) is -1.52. The fraction of sp³-hybridized carbons (Fsp3) is 0.529. The van der Waals surface area contributed by atoms with Gasteiger partial charge >= 0.3 is 5.97 Å². The second kappa shape index (κ2) is 6.76. The smallest absolute Gasteiger partial charge is 0.326 e. The van der Waals surface area contributed by atoms with E-state index >= 15 is 0 Å². The molecular weight excluding hydrogens is 344 g/mol. The van der Waals surface area contributed by atoms with Crippen LogP contribution in [0, 0.1) is 5.92 Å². The van der Waals surface area contributed by atoms with E-state index in [2.05, 4.69) is 0 Å². The predicted molar refractivity (Wildman–Crippen MR) is 91.3 cm³/mol. The molecule has 2 aliphatic rings. The van der Waals surface area contributed by atoms with Crippen LogP contribution in [-0.4, -0.2) is 60.0 Å². The number of nitrogens with zero attached hydrogens (tertiary/aromatic N) is 2. The van der Waals surface area contributed by atoms with Gasteiger partial charge in [0.15, 0.2) is 0 Å². The van der Waals surface area contributed by atoms with Gasteiger partial charge in [-0.2, -0.15) is 0 Å². The number of carbonyl (C=O) groups excluding carboxylic acids is 1. The highest BCUT2D eigenvalue weighted by Crippen LogP contribution is 2.28. The van der Waals surface area contributed by atoms with Crippen molar-refractivity contribution >= 4 is 21.9 Å². The van der Waals surface area contributed by atoms with Crippen LogP contribution >= 0.6 is 0 Å². The van der Waals surface area contributed by atoms with Gasteiger partial charge in [0.1, 0.15) is 6.04 Å². The van der Waals surface area contributed by atoms with Crippen molar-refractivity contribution in [2.75, 3.05) is 19.3 Å². The number of aliphatic carboxylic acids is 1. The Morgan fingerprint density at radius 1 is 1.12 bits per heavy atom. The average Bonchev–Trinajstić information content (AvgIpc) is 2.59. The summed E-state index contributed by atoms with van der Waals surface area (Å²) in [5.41, 5.74) is 1.94. The minimum atomic E-state index is -3.25. The maximum atomic E-state index is 12.9. The van der Waals surface area contributed by atoms with Gasteiger partial charge in [-0.1, -0.05) is 24.3 Å². The van der Waals surface area contributed by atoms with Gasteiger partial charge in [-0.15, -0.1) is 0 Å². The van der Waals surface area contributed by atoms with Gasteiger partial charge in [0.25, 0.3) is 0 Å². The quantitative estimate of drug-likeness (QED) is 0.849. The maximum absolute atomic E-state index is 12.9. The first-order valence-electron chi connectivity index (χ1n) is 8.32. The van der Waals surface area contributed by atoms with Gasteiger partial charge in [-0.05, 0) is 24.0 Å². The van der Waals surface area contributed by atoms with E-state index in [1.165, 1.54) is 9.21 Å². The molecule has 8 heteroatoms. The third-order valence-electron chi connectivity index (χ3n) is 5.09. The molecule has 1 unspecified atom stereocenters. The minimum absolute atomic E-state index is 0.185. The average molecular weight is 366 g/mol. The highest BCUT2D eigenvalue weighted by molar-refractivity contribution is 7.88. The van der Waals surface area contributed by atoms with Crippen LogP contribution in [0.3, 0.4) is 0 Å². The molecule has 1 N–H and O–H groups in total. The molecule has 1 amide bonds. The van der Waals surface area contributed by atoms with Crippen molar-refractivity contribution in [1.29, 1.82) is 0 Å². The zero-order valence-electron chi connectivity index (χ0n) is 14.1. The summed E-state index contributed by atoms with van der Waals surface area (Å²) in [6, 6.07) is 6.70. The summed E-state index contributed by atoms with van der Waals surface area (Å²) in [6.45, 7) is 0.896. The van der Waals surface area contributed by atoms with Crippen LogP contribution < -0.4 is 0 Å². The number of carboxylic acids is 1. The molecule has 1 saturated heterocycles. The van der Waals surface area contributed by atoms with Crippen molar-refractivity contribution in [3.63, 3.8) is 0 Å². The third kappa shape index (κ3) is 3.69. The van der Waals surface area contributed by atoms with Gasteiger partial charge < -0.3 is 10.0 Å². The lowest BCUT2D eigenvalue weighted by Gasteiger charge is -2.38. The standard InChI is InChI=1S/C17H22N2O5S/c1-25(23,24)18-8-6-12(7-9-18)16(20)19-11-14-5-3-2-4-13(14)10-15(19)17(21)22/h2-5,12,15H,6-11H2,1H3,(H,21,22). The lowest BCUT2D eigenvalue weighted by atomic mass is 9.90. The summed E-state index contributed by atoms with van der Waals surface area (Å²) >= 11 is 0. The fourth-order valence-corrected chi connectivity index (χ4v) is 4.52. The van der Waals surface area contributed by atoms with E-state index in [1.807, 2.05) is 24.3 Å². The highest BCUT2D eigenvalue weighted by Gasteiger charge is 2.38. The first-order chi connectivity index (χ1) is 11.8. The van der Waals surface area contributed by atoms with Gasteiger partial charge in [0, 0.05) is 32.0 Å². The van der Waals surface area contributed by atoms with Crippen molar-refractivity contribution in [3.05, 3.63) is 35.4 Å². The fourth-order valence-electron chi connectivity index (χ4n) is 3.64. The number of fused-ring (bicyclic) bond motifs is 1. The van der Waals surface area contributed by atoms with Crippen LogP contribution in [0.25, 0.3) is 0 Å². The van der Waals surface area contributed by atoms with E-state index < -0.39 is 22.0 Å². The summed E-state index contributed by atoms with van der Waals surface area (Å²) < 4.78 is 24.6. The molecule has 1 aromatic carbocycles. The van der Waals surface area contributed by atoms with E-state index in [9.17, 15) is 23.1 Å². The van der Waals surface area contributed by atoms with Crippen LogP contribution in [0.2, 0.25) is 0 Å². The Morgan fingerprint density at radius 2 is 1.72 bits per heavy atom. The third-order valence-corrected chi connectivity index (χ3v) is 6.39. The number of sulfonamides is 1. The second-order valence-corrected chi connectivity index (χ2v) is 8.71. The second-order valence-electron chi connectivity index (χ2n) is 6.73. The Kier molecular flexibility index (Phi) is 4.83. The van der Waals surface area contributed by atoms with Gasteiger partial charge in [0.2, 0.25) is 15.9 Å². The molecule has 3 rings (SSSR count). The highest BCUT2D eigenvalue weighted by atomic mass is 32.2. The molecular formula is C17H22N2O5S. The van der Waals surface area contributed by atoms with Crippen molar-refractivity contribution in [3.8, 4) is 0 Å². The largest absolute Gasteiger partial charge is 0.480 e. The SMILES string of the molecule is CS(=O)(=O)N1CCC(C(=O)N2Cc3ccccc3CC2C(=O)O)CC1. The van der Waals surface area contributed by atoms with Crippen LogP contribution in [0.1, 0.15) is 24.0 Å². The number of benzene rings is 1. The van der Waals surface area contributed by atoms with Gasteiger partial charge in [-0.3, -0.25) is 4.79 Å². The van der Waals surface area contributed by atoms with Crippen molar-refractivity contribution in [1.82, 2.24) is 9.21 Å². The van der Waals surface area contributed by atoms with E-state index in [0.29, 0.717) is 32.4 Å². The molecule has 1 fully saturated rings. The molecule has 25 heavy (non-hydrogen) atoms. The van der Waals surface area contributed by atoms with E-state index in [-0.39, 0.29) is 18.4 Å². The first kappa shape index (κ1) is 17.9. The summed E-state index contributed by atoms with van der Waals surface area (Å²) in [6.07, 6.45) is 2.32. The molecule has 0 bridgehead atoms. The Hall–Kier alpha value is -1.93. The number of hydrogen-bond acceptors (Lipinski definition) is 4. The molecule has 1 atom stereocenters. The number of hydrogen-bond donors (Lipinski definition) is 1. The Labute approximate surface area is 147 Å². The zero-order valence-corrected chi connectivity index (χ0v) is 14.9. The Bertz CT molecular complexity index is 784. The number of piperidine rings is 1. The molecule has 0 aromatic heterocycles. The normalized spacial score (nSPS) is 22.4. The lowest BCUT2D eigenvalue weighted by molar-refractivity contribution is -0.153. The monoisotopic (exact) mass is 366 g/mol. The topological polar surface area (TPSA) is 95.0 Å². The predicted octanol–water partition coefficient (Wildman–Crippen LogP) is 0.696. The Balaban J connectivity index is 1.76. The van der Waals surface area contributed by atoms with E-state index in [1.54, 1.807) is 0 Å². The number of amides is 1. The number of rotatable bonds is 3. The van der Waals surface area contributed by atoms with E-state index in [0.717, 1.165) is 17.4 Å². The van der Waals surface area contributed by atoms with Crippen LogP contribution in [0.15, 0.2) is 24.3 Å². The summed E-state index contributed by atoms with van der Waals surface area (Å²) in [5, 5.41) is 9.55. The van der Waals surface area contributed by atoms with Crippen LogP contribution in [-0.2, 0) is 32.6 Å². The van der Waals surface area contributed by atoms with Gasteiger partial charge in [-0.25, -0.2) is 17.5 Å². The first-order valence-corrected chi connectivity index (χ1v) is 10.2. The number of carboxylic acid groups (broad SMARTS) is 1. The summed E-state index contributed by atoms with van der Waals surface area (Å²) in [7, 11) is -3.25. The van der Waals surface area contributed by atoms with E-state index in [4.69, 9.17) is 0 Å². The lowest BCUT2D eigenvalue weighted by Crippen LogP contribution is -2.52. The summed E-state index contributed by atoms with van der Waals surface area (Å²) in [4.78, 5) is 26.0. The van der Waals surface area contributed by atoms with Crippen molar-refractivity contribution in [2.24, 2.45) is 5.92 Å². The minimum Gasteiger partial charge on any atom is -0.480 e.